The van der Waals surface area contributed by atoms with Gasteiger partial charge < -0.3 is 18.9 Å². The molecule has 0 heterocycles. The monoisotopic (exact) mass is 833 g/mol. The molecular weight excluding hydrogens is 737 g/mol. The van der Waals surface area contributed by atoms with Crippen molar-refractivity contribution in [3.8, 4) is 0 Å². The highest BCUT2D eigenvalue weighted by Gasteiger charge is 2.27. The second-order valence-electron chi connectivity index (χ2n) is 17.9. The highest BCUT2D eigenvalue weighted by molar-refractivity contribution is 7.47. The number of hydrogen-bond donors (Lipinski definition) is 1. The average Bonchev–Trinajstić information content (AvgIpc) is 3.16. The Morgan fingerprint density at radius 3 is 1.12 bits per heavy atom. The van der Waals surface area contributed by atoms with Crippen LogP contribution < -0.4 is 0 Å². The highest BCUT2D eigenvalue weighted by Crippen LogP contribution is 2.43. The number of unbranched alkanes of at least 4 members (excludes halogenated alkanes) is 31. The van der Waals surface area contributed by atoms with E-state index < -0.39 is 26.5 Å². The first kappa shape index (κ1) is 56.0. The highest BCUT2D eigenvalue weighted by atomic mass is 31.2. The number of esters is 2. The van der Waals surface area contributed by atoms with E-state index in [-0.39, 0.29) is 25.6 Å². The van der Waals surface area contributed by atoms with E-state index in [4.69, 9.17) is 18.5 Å². The summed E-state index contributed by atoms with van der Waals surface area (Å²) in [5, 5.41) is 0. The van der Waals surface area contributed by atoms with Crippen LogP contribution in [0.15, 0.2) is 0 Å². The van der Waals surface area contributed by atoms with Crippen LogP contribution in [0.25, 0.3) is 0 Å². The van der Waals surface area contributed by atoms with Crippen LogP contribution in [0, 0.1) is 0 Å². The van der Waals surface area contributed by atoms with Crippen molar-refractivity contribution in [3.05, 3.63) is 0 Å². The van der Waals surface area contributed by atoms with E-state index in [1.165, 1.54) is 173 Å². The van der Waals surface area contributed by atoms with Gasteiger partial charge in [0.05, 0.1) is 27.7 Å². The maximum atomic E-state index is 12.6. The summed E-state index contributed by atoms with van der Waals surface area (Å²) in [6, 6.07) is 0. The maximum absolute atomic E-state index is 12.6. The van der Waals surface area contributed by atoms with E-state index in [9.17, 15) is 19.0 Å². The normalized spacial score (nSPS) is 13.4. The molecule has 0 aromatic heterocycles. The van der Waals surface area contributed by atoms with Gasteiger partial charge in [-0.05, 0) is 12.8 Å². The van der Waals surface area contributed by atoms with Crippen LogP contribution >= 0.6 is 7.82 Å². The van der Waals surface area contributed by atoms with Gasteiger partial charge in [-0.3, -0.25) is 18.6 Å². The third-order valence-electron chi connectivity index (χ3n) is 10.9. The van der Waals surface area contributed by atoms with Gasteiger partial charge in [0.1, 0.15) is 19.8 Å². The van der Waals surface area contributed by atoms with Crippen LogP contribution in [-0.4, -0.2) is 74.9 Å². The molecule has 0 radical (unpaired) electrons. The molecule has 2 unspecified atom stereocenters. The van der Waals surface area contributed by atoms with Crippen LogP contribution in [0.3, 0.4) is 0 Å². The first-order valence-electron chi connectivity index (χ1n) is 24.3. The zero-order chi connectivity index (χ0) is 42.1. The van der Waals surface area contributed by atoms with Gasteiger partial charge in [0.15, 0.2) is 6.10 Å². The molecule has 0 rings (SSSR count). The summed E-state index contributed by atoms with van der Waals surface area (Å²) in [6.45, 7) is 4.45. The minimum atomic E-state index is -4.36. The molecule has 0 spiro atoms. The first-order valence-corrected chi connectivity index (χ1v) is 25.8. The van der Waals surface area contributed by atoms with Crippen molar-refractivity contribution >= 4 is 19.8 Å². The molecule has 0 aliphatic heterocycles. The van der Waals surface area contributed by atoms with Crippen LogP contribution in [0.5, 0.6) is 0 Å². The van der Waals surface area contributed by atoms with Gasteiger partial charge in [-0.1, -0.05) is 213 Å². The van der Waals surface area contributed by atoms with E-state index >= 15 is 0 Å². The number of carbonyl (C=O) groups excluding carboxylic acids is 2. The molecule has 2 atom stereocenters. The summed E-state index contributed by atoms with van der Waals surface area (Å²) < 4.78 is 34.3. The van der Waals surface area contributed by atoms with Crippen molar-refractivity contribution in [2.75, 3.05) is 47.5 Å². The lowest BCUT2D eigenvalue weighted by atomic mass is 10.0. The molecule has 1 N–H and O–H groups in total. The number of ether oxygens (including phenoxy) is 2. The van der Waals surface area contributed by atoms with Crippen LogP contribution in [0.4, 0.5) is 0 Å². The Hall–Kier alpha value is -0.990. The number of hydrogen-bond acceptors (Lipinski definition) is 7. The maximum Gasteiger partial charge on any atom is 0.472 e. The molecule has 0 fully saturated rings. The summed E-state index contributed by atoms with van der Waals surface area (Å²) in [5.41, 5.74) is 0. The predicted molar refractivity (Wildman–Crippen MR) is 238 cm³/mol. The SMILES string of the molecule is CCCCCCCCCCCCCCCCCCCCCCCCCC(=O)OCC(COP(=O)(O)OCC[N+](C)(C)C)OC(=O)CCCCCCCCCCCC. The molecule has 0 aliphatic carbocycles. The summed E-state index contributed by atoms with van der Waals surface area (Å²) in [7, 11) is 1.49. The number of phosphoric acid groups is 1. The number of nitrogens with zero attached hydrogens (tertiary/aromatic N) is 1. The van der Waals surface area contributed by atoms with Crippen LogP contribution in [-0.2, 0) is 32.7 Å². The summed E-state index contributed by atoms with van der Waals surface area (Å²) in [4.78, 5) is 35.3. The van der Waals surface area contributed by atoms with Gasteiger partial charge in [-0.15, -0.1) is 0 Å². The molecule has 57 heavy (non-hydrogen) atoms. The van der Waals surface area contributed by atoms with Crippen LogP contribution in [0.1, 0.15) is 239 Å². The van der Waals surface area contributed by atoms with E-state index in [1.807, 2.05) is 21.1 Å². The van der Waals surface area contributed by atoms with Gasteiger partial charge in [-0.25, -0.2) is 4.57 Å². The topological polar surface area (TPSA) is 108 Å². The van der Waals surface area contributed by atoms with Crippen molar-refractivity contribution < 1.29 is 42.1 Å². The Morgan fingerprint density at radius 1 is 0.474 bits per heavy atom. The Kier molecular flexibility index (Phi) is 39.7. The van der Waals surface area contributed by atoms with E-state index in [2.05, 4.69) is 13.8 Å². The lowest BCUT2D eigenvalue weighted by Crippen LogP contribution is -2.37. The molecular formula is C47H95NO8P+. The third kappa shape index (κ3) is 44.4. The second-order valence-corrected chi connectivity index (χ2v) is 19.3. The minimum Gasteiger partial charge on any atom is -0.462 e. The fourth-order valence-corrected chi connectivity index (χ4v) is 7.82. The Bertz CT molecular complexity index is 943. The molecule has 0 amide bonds. The molecule has 0 aromatic carbocycles. The summed E-state index contributed by atoms with van der Waals surface area (Å²) in [6.07, 6.45) is 41.7. The Balaban J connectivity index is 4.09. The lowest BCUT2D eigenvalue weighted by Gasteiger charge is -2.24. The first-order chi connectivity index (χ1) is 27.5. The zero-order valence-corrected chi connectivity index (χ0v) is 39.2. The lowest BCUT2D eigenvalue weighted by molar-refractivity contribution is -0.870. The van der Waals surface area contributed by atoms with E-state index in [0.717, 1.165) is 32.1 Å². The van der Waals surface area contributed by atoms with Crippen molar-refractivity contribution in [1.29, 1.82) is 0 Å². The second kappa shape index (κ2) is 40.4. The molecule has 0 bridgehead atoms. The Morgan fingerprint density at radius 2 is 0.789 bits per heavy atom. The predicted octanol–water partition coefficient (Wildman–Crippen LogP) is 14.0. The average molecular weight is 833 g/mol. The summed E-state index contributed by atoms with van der Waals surface area (Å²) in [5.74, 6) is -0.784. The molecule has 0 saturated heterocycles. The number of carbonyl (C=O) groups is 2. The van der Waals surface area contributed by atoms with Crippen molar-refractivity contribution in [3.63, 3.8) is 0 Å². The van der Waals surface area contributed by atoms with E-state index in [1.54, 1.807) is 0 Å². The van der Waals surface area contributed by atoms with Gasteiger partial charge >= 0.3 is 19.8 Å². The minimum absolute atomic E-state index is 0.0367. The standard InChI is InChI=1S/C47H94NO8P/c1-6-8-10-12-14-16-18-19-20-21-22-23-24-25-26-27-28-29-30-32-33-35-37-39-46(49)53-43-45(44-55-57(51,52)54-42-41-48(3,4)5)56-47(50)40-38-36-34-31-17-15-13-11-9-7-2/h45H,6-44H2,1-5H3/p+1. The molecule has 0 aliphatic rings. The number of rotatable bonds is 45. The van der Waals surface area contributed by atoms with Gasteiger partial charge in [-0.2, -0.15) is 0 Å². The summed E-state index contributed by atoms with van der Waals surface area (Å²) >= 11 is 0. The fourth-order valence-electron chi connectivity index (χ4n) is 7.08. The molecule has 9 nitrogen and oxygen atoms in total. The fraction of sp³-hybridized carbons (Fsp3) is 0.957. The number of likely N-dealkylation sites (N-methyl/N-ethyl adjacent to an activating group) is 1. The third-order valence-corrected chi connectivity index (χ3v) is 11.9. The Labute approximate surface area is 353 Å². The number of phosphoric ester groups is 1. The largest absolute Gasteiger partial charge is 0.472 e. The molecule has 0 saturated carbocycles. The van der Waals surface area contributed by atoms with Crippen molar-refractivity contribution in [2.24, 2.45) is 0 Å². The molecule has 340 valence electrons. The molecule has 0 aromatic rings. The van der Waals surface area contributed by atoms with Gasteiger partial charge in [0.25, 0.3) is 0 Å². The van der Waals surface area contributed by atoms with Gasteiger partial charge in [0, 0.05) is 12.8 Å². The number of quaternary nitrogens is 1. The molecule has 10 heteroatoms. The van der Waals surface area contributed by atoms with E-state index in [0.29, 0.717) is 23.9 Å². The van der Waals surface area contributed by atoms with Crippen molar-refractivity contribution in [2.45, 2.75) is 245 Å². The quantitative estimate of drug-likeness (QED) is 0.0280. The zero-order valence-electron chi connectivity index (χ0n) is 38.4. The smallest absolute Gasteiger partial charge is 0.462 e. The van der Waals surface area contributed by atoms with Crippen molar-refractivity contribution in [1.82, 2.24) is 0 Å². The van der Waals surface area contributed by atoms with Crippen LogP contribution in [0.2, 0.25) is 0 Å². The van der Waals surface area contributed by atoms with Gasteiger partial charge in [0.2, 0.25) is 0 Å².